The van der Waals surface area contributed by atoms with Gasteiger partial charge < -0.3 is 5.32 Å². The largest absolute Gasteiger partial charge is 0.313 e. The lowest BCUT2D eigenvalue weighted by molar-refractivity contribution is 0.203. The summed E-state index contributed by atoms with van der Waals surface area (Å²) in [5.41, 5.74) is 2.45. The number of piperidine rings is 1. The molecule has 2 heterocycles. The van der Waals surface area contributed by atoms with Gasteiger partial charge in [-0.05, 0) is 62.0 Å². The van der Waals surface area contributed by atoms with Crippen molar-refractivity contribution in [2.45, 2.75) is 71.1 Å². The van der Waals surface area contributed by atoms with E-state index in [1.165, 1.54) is 55.4 Å². The first kappa shape index (κ1) is 15.5. The monoisotopic (exact) mass is 354 g/mol. The first-order valence-electron chi connectivity index (χ1n) is 8.38. The summed E-state index contributed by atoms with van der Waals surface area (Å²) in [4.78, 5) is 2.68. The highest BCUT2D eigenvalue weighted by Crippen LogP contribution is 2.31. The highest BCUT2D eigenvalue weighted by Gasteiger charge is 2.32. The molecule has 4 nitrogen and oxygen atoms in total. The van der Waals surface area contributed by atoms with E-state index in [0.717, 1.165) is 24.8 Å². The minimum atomic E-state index is 0.678. The molecule has 1 atom stereocenters. The van der Waals surface area contributed by atoms with Crippen LogP contribution in [0.1, 0.15) is 50.4 Å². The summed E-state index contributed by atoms with van der Waals surface area (Å²) < 4.78 is 3.36. The molecule has 0 spiro atoms. The van der Waals surface area contributed by atoms with E-state index in [2.05, 4.69) is 49.8 Å². The van der Waals surface area contributed by atoms with Crippen molar-refractivity contribution in [3.05, 3.63) is 15.9 Å². The summed E-state index contributed by atoms with van der Waals surface area (Å²) in [5, 5.41) is 8.33. The third kappa shape index (κ3) is 3.69. The van der Waals surface area contributed by atoms with E-state index in [4.69, 9.17) is 0 Å². The highest BCUT2D eigenvalue weighted by atomic mass is 79.9. The topological polar surface area (TPSA) is 33.1 Å². The molecular formula is C16H27BrN4. The molecule has 1 saturated carbocycles. The molecule has 3 rings (SSSR count). The fraction of sp³-hybridized carbons (Fsp3) is 0.812. The van der Waals surface area contributed by atoms with E-state index >= 15 is 0 Å². The number of nitrogens with one attached hydrogen (secondary N) is 1. The predicted octanol–water partition coefficient (Wildman–Crippen LogP) is 3.08. The lowest BCUT2D eigenvalue weighted by Crippen LogP contribution is -2.44. The Morgan fingerprint density at radius 2 is 2.14 bits per heavy atom. The predicted molar refractivity (Wildman–Crippen MR) is 89.4 cm³/mol. The van der Waals surface area contributed by atoms with Gasteiger partial charge in [0.15, 0.2) is 0 Å². The number of aryl methyl sites for hydroxylation is 2. The second-order valence-corrected chi connectivity index (χ2v) is 7.26. The molecule has 0 radical (unpaired) electrons. The Hall–Kier alpha value is -0.390. The zero-order valence-corrected chi connectivity index (χ0v) is 14.8. The van der Waals surface area contributed by atoms with E-state index < -0.39 is 0 Å². The molecule has 1 unspecified atom stereocenters. The van der Waals surface area contributed by atoms with Crippen LogP contribution in [0.2, 0.25) is 0 Å². The van der Waals surface area contributed by atoms with Gasteiger partial charge in [-0.1, -0.05) is 6.42 Å². The lowest BCUT2D eigenvalue weighted by atomic mass is 10.0. The van der Waals surface area contributed by atoms with Crippen molar-refractivity contribution in [1.82, 2.24) is 20.0 Å². The van der Waals surface area contributed by atoms with Gasteiger partial charge in [0.2, 0.25) is 0 Å². The molecule has 1 aliphatic carbocycles. The van der Waals surface area contributed by atoms with Crippen LogP contribution < -0.4 is 5.32 Å². The molecular weight excluding hydrogens is 328 g/mol. The summed E-state index contributed by atoms with van der Waals surface area (Å²) in [7, 11) is 0. The van der Waals surface area contributed by atoms with E-state index in [1.807, 2.05) is 0 Å². The Bertz CT molecular complexity index is 475. The highest BCUT2D eigenvalue weighted by molar-refractivity contribution is 9.10. The van der Waals surface area contributed by atoms with Gasteiger partial charge in [-0.2, -0.15) is 5.10 Å². The Kier molecular flexibility index (Phi) is 5.02. The maximum Gasteiger partial charge on any atom is 0.0739 e. The molecule has 0 bridgehead atoms. The van der Waals surface area contributed by atoms with E-state index in [-0.39, 0.29) is 0 Å². The maximum absolute atomic E-state index is 4.64. The smallest absolute Gasteiger partial charge is 0.0739 e. The third-order valence-corrected chi connectivity index (χ3v) is 5.77. The fourth-order valence-electron chi connectivity index (χ4n) is 3.36. The normalized spacial score (nSPS) is 23.0. The van der Waals surface area contributed by atoms with Gasteiger partial charge in [0.05, 0.1) is 15.9 Å². The van der Waals surface area contributed by atoms with Gasteiger partial charge in [-0.25, -0.2) is 0 Å². The third-order valence-electron chi connectivity index (χ3n) is 4.74. The van der Waals surface area contributed by atoms with Gasteiger partial charge in [0, 0.05) is 31.7 Å². The number of hydrogen-bond donors (Lipinski definition) is 1. The molecule has 5 heteroatoms. The summed E-state index contributed by atoms with van der Waals surface area (Å²) in [6.45, 7) is 8.61. The summed E-state index contributed by atoms with van der Waals surface area (Å²) in [6.07, 6.45) is 6.78. The van der Waals surface area contributed by atoms with Crippen LogP contribution in [0, 0.1) is 6.92 Å². The Labute approximate surface area is 136 Å². The molecule has 2 fully saturated rings. The zero-order valence-electron chi connectivity index (χ0n) is 13.2. The fourth-order valence-corrected chi connectivity index (χ4v) is 3.77. The minimum Gasteiger partial charge on any atom is -0.313 e. The van der Waals surface area contributed by atoms with Gasteiger partial charge in [-0.15, -0.1) is 0 Å². The summed E-state index contributed by atoms with van der Waals surface area (Å²) in [5.74, 6) is 0. The van der Waals surface area contributed by atoms with Crippen molar-refractivity contribution >= 4 is 15.9 Å². The number of rotatable bonds is 6. The molecule has 0 aromatic carbocycles. The van der Waals surface area contributed by atoms with Gasteiger partial charge in [-0.3, -0.25) is 9.58 Å². The van der Waals surface area contributed by atoms with Crippen LogP contribution in [0.3, 0.4) is 0 Å². The zero-order chi connectivity index (χ0) is 14.8. The summed E-state index contributed by atoms with van der Waals surface area (Å²) >= 11 is 3.74. The Balaban J connectivity index is 1.70. The van der Waals surface area contributed by atoms with Crippen molar-refractivity contribution in [2.75, 3.05) is 13.1 Å². The SMILES string of the molecule is CCn1nc(C)c(Br)c1CN(CC1CCCCN1)C1CC1. The van der Waals surface area contributed by atoms with Crippen LogP contribution in [0.15, 0.2) is 4.47 Å². The van der Waals surface area contributed by atoms with Gasteiger partial charge >= 0.3 is 0 Å². The van der Waals surface area contributed by atoms with E-state index in [1.54, 1.807) is 0 Å². The first-order valence-corrected chi connectivity index (χ1v) is 9.17. The van der Waals surface area contributed by atoms with E-state index in [0.29, 0.717) is 6.04 Å². The van der Waals surface area contributed by atoms with Gasteiger partial charge in [0.1, 0.15) is 0 Å². The number of nitrogens with zero attached hydrogens (tertiary/aromatic N) is 3. The minimum absolute atomic E-state index is 0.678. The quantitative estimate of drug-likeness (QED) is 0.851. The van der Waals surface area contributed by atoms with E-state index in [9.17, 15) is 0 Å². The molecule has 1 aromatic heterocycles. The molecule has 1 aliphatic heterocycles. The molecule has 1 saturated heterocycles. The van der Waals surface area contributed by atoms with Crippen LogP contribution in [0.5, 0.6) is 0 Å². The standard InChI is InChI=1S/C16H27BrN4/c1-3-21-15(16(17)12(2)19-21)11-20(14-7-8-14)10-13-6-4-5-9-18-13/h13-14,18H,3-11H2,1-2H3. The molecule has 21 heavy (non-hydrogen) atoms. The van der Waals surface area contributed by atoms with Crippen molar-refractivity contribution in [2.24, 2.45) is 0 Å². The average Bonchev–Trinajstić information content (AvgIpc) is 3.30. The van der Waals surface area contributed by atoms with Crippen LogP contribution in [-0.2, 0) is 13.1 Å². The molecule has 2 aliphatic rings. The van der Waals surface area contributed by atoms with Crippen LogP contribution in [0.25, 0.3) is 0 Å². The number of hydrogen-bond acceptors (Lipinski definition) is 3. The number of halogens is 1. The maximum atomic E-state index is 4.64. The van der Waals surface area contributed by atoms with Crippen LogP contribution >= 0.6 is 15.9 Å². The average molecular weight is 355 g/mol. The molecule has 1 aromatic rings. The lowest BCUT2D eigenvalue weighted by Gasteiger charge is -2.30. The van der Waals surface area contributed by atoms with Gasteiger partial charge in [0.25, 0.3) is 0 Å². The molecule has 0 amide bonds. The van der Waals surface area contributed by atoms with Crippen molar-refractivity contribution < 1.29 is 0 Å². The second kappa shape index (κ2) is 6.80. The van der Waals surface area contributed by atoms with Crippen molar-refractivity contribution in [1.29, 1.82) is 0 Å². The first-order chi connectivity index (χ1) is 10.2. The second-order valence-electron chi connectivity index (χ2n) is 6.47. The van der Waals surface area contributed by atoms with Crippen molar-refractivity contribution in [3.8, 4) is 0 Å². The van der Waals surface area contributed by atoms with Crippen LogP contribution in [-0.4, -0.2) is 39.9 Å². The Morgan fingerprint density at radius 3 is 2.76 bits per heavy atom. The van der Waals surface area contributed by atoms with Crippen molar-refractivity contribution in [3.63, 3.8) is 0 Å². The Morgan fingerprint density at radius 1 is 1.33 bits per heavy atom. The molecule has 118 valence electrons. The summed E-state index contributed by atoms with van der Waals surface area (Å²) in [6, 6.07) is 1.47. The molecule has 1 N–H and O–H groups in total. The number of aromatic nitrogens is 2. The van der Waals surface area contributed by atoms with Crippen LogP contribution in [0.4, 0.5) is 0 Å².